The third kappa shape index (κ3) is 4.36. The van der Waals surface area contributed by atoms with Gasteiger partial charge in [-0.05, 0) is 31.2 Å². The molecular weight excluding hydrogens is 305 g/mol. The van der Waals surface area contributed by atoms with Crippen molar-refractivity contribution < 1.29 is 22.7 Å². The Morgan fingerprint density at radius 1 is 1.24 bits per heavy atom. The molecule has 1 aromatic rings. The number of ether oxygens (including phenoxy) is 1. The SMILES string of the molecule is CC(=O)c1ccc(N=S(N2CCOCC2)C(F)(F)F)cc1. The van der Waals surface area contributed by atoms with Crippen molar-refractivity contribution in [2.24, 2.45) is 4.36 Å². The van der Waals surface area contributed by atoms with Crippen molar-refractivity contribution in [2.45, 2.75) is 12.4 Å². The van der Waals surface area contributed by atoms with Crippen molar-refractivity contribution in [3.05, 3.63) is 29.8 Å². The summed E-state index contributed by atoms with van der Waals surface area (Å²) in [6.45, 7) is 2.37. The zero-order chi connectivity index (χ0) is 15.5. The van der Waals surface area contributed by atoms with Crippen LogP contribution in [0.15, 0.2) is 28.6 Å². The van der Waals surface area contributed by atoms with Gasteiger partial charge in [-0.15, -0.1) is 0 Å². The van der Waals surface area contributed by atoms with Crippen LogP contribution in [0.4, 0.5) is 18.9 Å². The van der Waals surface area contributed by atoms with Crippen LogP contribution >= 0.6 is 0 Å². The van der Waals surface area contributed by atoms with Crippen molar-refractivity contribution in [1.82, 2.24) is 4.31 Å². The molecule has 1 aromatic carbocycles. The summed E-state index contributed by atoms with van der Waals surface area (Å²) in [7, 11) is -2.20. The predicted molar refractivity (Wildman–Crippen MR) is 74.3 cm³/mol. The van der Waals surface area contributed by atoms with Crippen LogP contribution in [0.3, 0.4) is 0 Å². The Balaban J connectivity index is 2.29. The van der Waals surface area contributed by atoms with Gasteiger partial charge in [-0.25, -0.2) is 8.67 Å². The van der Waals surface area contributed by atoms with Gasteiger partial charge in [0.15, 0.2) is 5.78 Å². The van der Waals surface area contributed by atoms with Crippen molar-refractivity contribution in [1.29, 1.82) is 0 Å². The van der Waals surface area contributed by atoms with Gasteiger partial charge in [0, 0.05) is 18.7 Å². The highest BCUT2D eigenvalue weighted by Gasteiger charge is 2.39. The maximum Gasteiger partial charge on any atom is 0.466 e. The molecule has 0 spiro atoms. The van der Waals surface area contributed by atoms with Gasteiger partial charge in [0.25, 0.3) is 0 Å². The number of carbonyl (C=O) groups excluding carboxylic acids is 1. The number of benzene rings is 1. The summed E-state index contributed by atoms with van der Waals surface area (Å²) in [5, 5.41) is 0. The summed E-state index contributed by atoms with van der Waals surface area (Å²) >= 11 is 0. The molecule has 1 fully saturated rings. The van der Waals surface area contributed by atoms with E-state index in [0.717, 1.165) is 0 Å². The molecule has 1 atom stereocenters. The van der Waals surface area contributed by atoms with E-state index in [-0.39, 0.29) is 37.8 Å². The van der Waals surface area contributed by atoms with Crippen LogP contribution in [0.25, 0.3) is 0 Å². The van der Waals surface area contributed by atoms with Crippen LogP contribution in [0, 0.1) is 0 Å². The van der Waals surface area contributed by atoms with E-state index < -0.39 is 16.4 Å². The van der Waals surface area contributed by atoms with Crippen LogP contribution in [0.5, 0.6) is 0 Å². The quantitative estimate of drug-likeness (QED) is 0.804. The molecule has 8 heteroatoms. The molecule has 4 nitrogen and oxygen atoms in total. The summed E-state index contributed by atoms with van der Waals surface area (Å²) in [4.78, 5) is 11.2. The Hall–Kier alpha value is -1.25. The Bertz CT molecular complexity index is 537. The molecular formula is C13H15F3N2O2S. The molecule has 0 radical (unpaired) electrons. The summed E-state index contributed by atoms with van der Waals surface area (Å²) in [6.07, 6.45) is 0. The third-order valence-corrected chi connectivity index (χ3v) is 4.54. The Morgan fingerprint density at radius 3 is 2.29 bits per heavy atom. The lowest BCUT2D eigenvalue weighted by molar-refractivity contribution is -0.0420. The average Bonchev–Trinajstić information content (AvgIpc) is 2.45. The number of rotatable bonds is 3. The number of halogens is 3. The van der Waals surface area contributed by atoms with Gasteiger partial charge in [0.2, 0.25) is 0 Å². The highest BCUT2D eigenvalue weighted by atomic mass is 32.2. The Labute approximate surface area is 123 Å². The molecule has 0 N–H and O–H groups in total. The first-order valence-corrected chi connectivity index (χ1v) is 7.48. The molecule has 1 aliphatic heterocycles. The summed E-state index contributed by atoms with van der Waals surface area (Å²) in [5.74, 6) is -0.135. The topological polar surface area (TPSA) is 41.9 Å². The molecule has 116 valence electrons. The van der Waals surface area contributed by atoms with E-state index in [2.05, 4.69) is 4.36 Å². The molecule has 2 rings (SSSR count). The minimum atomic E-state index is -4.42. The number of hydrogen-bond acceptors (Lipinski definition) is 3. The van der Waals surface area contributed by atoms with Crippen molar-refractivity contribution in [2.75, 3.05) is 26.3 Å². The van der Waals surface area contributed by atoms with Gasteiger partial charge < -0.3 is 4.74 Å². The normalized spacial score (nSPS) is 18.7. The highest BCUT2D eigenvalue weighted by Crippen LogP contribution is 2.29. The first-order chi connectivity index (χ1) is 9.88. The highest BCUT2D eigenvalue weighted by molar-refractivity contribution is 7.86. The largest absolute Gasteiger partial charge is 0.466 e. The minimum absolute atomic E-state index is 0.135. The molecule has 21 heavy (non-hydrogen) atoms. The molecule has 0 aliphatic carbocycles. The number of morpholine rings is 1. The molecule has 0 bridgehead atoms. The van der Waals surface area contributed by atoms with Crippen LogP contribution in [-0.4, -0.2) is 41.9 Å². The number of hydrogen-bond donors (Lipinski definition) is 0. The fraction of sp³-hybridized carbons (Fsp3) is 0.462. The molecule has 1 heterocycles. The summed E-state index contributed by atoms with van der Waals surface area (Å²) in [6, 6.07) is 5.84. The van der Waals surface area contributed by atoms with Crippen molar-refractivity contribution in [3.8, 4) is 0 Å². The smallest absolute Gasteiger partial charge is 0.379 e. The van der Waals surface area contributed by atoms with E-state index in [9.17, 15) is 18.0 Å². The van der Waals surface area contributed by atoms with Gasteiger partial charge in [0.1, 0.15) is 0 Å². The minimum Gasteiger partial charge on any atom is -0.379 e. The fourth-order valence-electron chi connectivity index (χ4n) is 1.83. The maximum atomic E-state index is 13.2. The number of alkyl halides is 3. The summed E-state index contributed by atoms with van der Waals surface area (Å²) < 4.78 is 49.7. The molecule has 0 aromatic heterocycles. The van der Waals surface area contributed by atoms with E-state index in [1.165, 1.54) is 35.5 Å². The van der Waals surface area contributed by atoms with Gasteiger partial charge >= 0.3 is 5.51 Å². The third-order valence-electron chi connectivity index (χ3n) is 2.89. The zero-order valence-electron chi connectivity index (χ0n) is 11.4. The van der Waals surface area contributed by atoms with E-state index >= 15 is 0 Å². The van der Waals surface area contributed by atoms with E-state index in [0.29, 0.717) is 5.56 Å². The van der Waals surface area contributed by atoms with E-state index in [1.807, 2.05) is 0 Å². The lowest BCUT2D eigenvalue weighted by Gasteiger charge is -2.29. The van der Waals surface area contributed by atoms with Crippen LogP contribution in [-0.2, 0) is 15.6 Å². The molecule has 0 saturated carbocycles. The van der Waals surface area contributed by atoms with Gasteiger partial charge in [0.05, 0.1) is 29.8 Å². The summed E-state index contributed by atoms with van der Waals surface area (Å²) in [5.41, 5.74) is -3.75. The number of nitrogens with zero attached hydrogens (tertiary/aromatic N) is 2. The molecule has 1 unspecified atom stereocenters. The molecule has 1 saturated heterocycles. The first-order valence-electron chi connectivity index (χ1n) is 6.35. The first kappa shape index (κ1) is 16.1. The number of carbonyl (C=O) groups is 1. The molecule has 0 amide bonds. The maximum absolute atomic E-state index is 13.2. The fourth-order valence-corrected chi connectivity index (χ4v) is 3.16. The van der Waals surface area contributed by atoms with Crippen molar-refractivity contribution >= 4 is 22.3 Å². The second kappa shape index (κ2) is 6.67. The number of ketones is 1. The predicted octanol–water partition coefficient (Wildman–Crippen LogP) is 3.09. The standard InChI is InChI=1S/C13H15F3N2O2S/c1-10(19)11-2-4-12(5-3-11)17-21(13(14,15)16)18-6-8-20-9-7-18/h2-5H,6-9H2,1H3. The second-order valence-electron chi connectivity index (χ2n) is 4.45. The van der Waals surface area contributed by atoms with Gasteiger partial charge in [-0.2, -0.15) is 13.2 Å². The average molecular weight is 320 g/mol. The Morgan fingerprint density at radius 2 is 1.81 bits per heavy atom. The van der Waals surface area contributed by atoms with Crippen LogP contribution < -0.4 is 0 Å². The lowest BCUT2D eigenvalue weighted by Crippen LogP contribution is -2.42. The second-order valence-corrected chi connectivity index (χ2v) is 6.14. The Kier molecular flexibility index (Phi) is 5.13. The van der Waals surface area contributed by atoms with Crippen LogP contribution in [0.1, 0.15) is 17.3 Å². The number of Topliss-reactive ketones (excluding diaryl/α,β-unsaturated/α-hetero) is 1. The zero-order valence-corrected chi connectivity index (χ0v) is 12.2. The van der Waals surface area contributed by atoms with E-state index in [1.54, 1.807) is 0 Å². The lowest BCUT2D eigenvalue weighted by atomic mass is 10.1. The van der Waals surface area contributed by atoms with Gasteiger partial charge in [-0.1, -0.05) is 0 Å². The molecule has 1 aliphatic rings. The van der Waals surface area contributed by atoms with Crippen molar-refractivity contribution in [3.63, 3.8) is 0 Å². The van der Waals surface area contributed by atoms with Crippen LogP contribution in [0.2, 0.25) is 0 Å². The van der Waals surface area contributed by atoms with Gasteiger partial charge in [-0.3, -0.25) is 4.79 Å². The monoisotopic (exact) mass is 320 g/mol. The van der Waals surface area contributed by atoms with E-state index in [4.69, 9.17) is 4.74 Å².